The minimum Gasteiger partial charge on any atom is -0.545 e. The number of carboxylic acids is 1. The average molecular weight is 440 g/mol. The highest BCUT2D eigenvalue weighted by Crippen LogP contribution is 2.33. The monoisotopic (exact) mass is 439 g/mol. The third-order valence-corrected chi connectivity index (χ3v) is 4.63. The van der Waals surface area contributed by atoms with E-state index >= 15 is 0 Å². The van der Waals surface area contributed by atoms with Crippen LogP contribution < -0.4 is 10.5 Å². The zero-order valence-electron chi connectivity index (χ0n) is 13.8. The van der Waals surface area contributed by atoms with Crippen LogP contribution >= 0.6 is 15.9 Å². The second-order valence-electron chi connectivity index (χ2n) is 5.90. The number of carbonyl (C=O) groups is 1. The van der Waals surface area contributed by atoms with Gasteiger partial charge in [0.2, 0.25) is 5.43 Å². The van der Waals surface area contributed by atoms with Gasteiger partial charge in [0.15, 0.2) is 0 Å². The second-order valence-corrected chi connectivity index (χ2v) is 6.81. The molecule has 0 fully saturated rings. The van der Waals surface area contributed by atoms with Gasteiger partial charge in [0.05, 0.1) is 22.6 Å². The first-order valence-corrected chi connectivity index (χ1v) is 8.44. The number of hydrogen-bond donors (Lipinski definition) is 0. The van der Waals surface area contributed by atoms with E-state index in [9.17, 15) is 27.9 Å². The topological polar surface area (TPSA) is 75.0 Å². The molecule has 0 saturated heterocycles. The molecule has 0 atom stereocenters. The number of aromatic carboxylic acids is 1. The molecule has 0 spiro atoms. The van der Waals surface area contributed by atoms with Crippen LogP contribution in [0.15, 0.2) is 45.9 Å². The lowest BCUT2D eigenvalue weighted by atomic mass is 10.0. The van der Waals surface area contributed by atoms with Gasteiger partial charge in [-0.25, -0.2) is 4.98 Å². The summed E-state index contributed by atoms with van der Waals surface area (Å²) in [7, 11) is 0. The van der Waals surface area contributed by atoms with E-state index in [0.717, 1.165) is 12.3 Å². The molecule has 27 heavy (non-hydrogen) atoms. The molecule has 3 aromatic rings. The highest BCUT2D eigenvalue weighted by Gasteiger charge is 2.32. The van der Waals surface area contributed by atoms with E-state index in [-0.39, 0.29) is 23.1 Å². The summed E-state index contributed by atoms with van der Waals surface area (Å²) in [5.41, 5.74) is -1.66. The smallest absolute Gasteiger partial charge is 0.416 e. The summed E-state index contributed by atoms with van der Waals surface area (Å²) in [6.07, 6.45) is -2.11. The van der Waals surface area contributed by atoms with Crippen molar-refractivity contribution in [2.24, 2.45) is 0 Å². The minimum atomic E-state index is -4.51. The van der Waals surface area contributed by atoms with E-state index < -0.39 is 28.7 Å². The number of halogens is 4. The first kappa shape index (κ1) is 19.1. The van der Waals surface area contributed by atoms with Gasteiger partial charge in [0.25, 0.3) is 0 Å². The summed E-state index contributed by atoms with van der Waals surface area (Å²) in [6.45, 7) is 1.27. The number of benzene rings is 1. The van der Waals surface area contributed by atoms with Crippen molar-refractivity contribution < 1.29 is 23.1 Å². The van der Waals surface area contributed by atoms with Crippen LogP contribution in [0.5, 0.6) is 0 Å². The summed E-state index contributed by atoms with van der Waals surface area (Å²) in [6, 6.07) is 5.32. The van der Waals surface area contributed by atoms with Crippen molar-refractivity contribution in [3.8, 4) is 0 Å². The molecule has 0 saturated carbocycles. The third-order valence-electron chi connectivity index (χ3n) is 4.20. The lowest BCUT2D eigenvalue weighted by molar-refractivity contribution is -0.255. The van der Waals surface area contributed by atoms with Crippen molar-refractivity contribution in [1.82, 2.24) is 9.55 Å². The fourth-order valence-corrected chi connectivity index (χ4v) is 3.17. The maximum absolute atomic E-state index is 13.1. The van der Waals surface area contributed by atoms with Gasteiger partial charge >= 0.3 is 6.18 Å². The van der Waals surface area contributed by atoms with Crippen molar-refractivity contribution in [2.75, 3.05) is 0 Å². The van der Waals surface area contributed by atoms with Crippen LogP contribution in [-0.2, 0) is 12.7 Å². The van der Waals surface area contributed by atoms with Crippen molar-refractivity contribution in [3.05, 3.63) is 73.6 Å². The molecular weight excluding hydrogens is 429 g/mol. The summed E-state index contributed by atoms with van der Waals surface area (Å²) in [5, 5.41) is 11.3. The molecule has 1 aromatic carbocycles. The molecule has 0 unspecified atom stereocenters. The van der Waals surface area contributed by atoms with Crippen LogP contribution in [0.25, 0.3) is 11.0 Å². The summed E-state index contributed by atoms with van der Waals surface area (Å²) >= 11 is 3.22. The lowest BCUT2D eigenvalue weighted by Crippen LogP contribution is -2.30. The fourth-order valence-electron chi connectivity index (χ4n) is 2.86. The van der Waals surface area contributed by atoms with Crippen LogP contribution in [0.1, 0.15) is 27.0 Å². The van der Waals surface area contributed by atoms with Crippen LogP contribution in [0.2, 0.25) is 0 Å². The van der Waals surface area contributed by atoms with Crippen molar-refractivity contribution in [2.45, 2.75) is 19.6 Å². The quantitative estimate of drug-likeness (QED) is 0.628. The van der Waals surface area contributed by atoms with E-state index in [0.29, 0.717) is 10.0 Å². The van der Waals surface area contributed by atoms with E-state index in [1.165, 1.54) is 29.8 Å². The molecule has 0 aliphatic rings. The van der Waals surface area contributed by atoms with E-state index in [1.807, 2.05) is 0 Å². The predicted molar refractivity (Wildman–Crippen MR) is 93.3 cm³/mol. The zero-order chi connectivity index (χ0) is 19.9. The molecule has 0 bridgehead atoms. The molecule has 5 nitrogen and oxygen atoms in total. The van der Waals surface area contributed by atoms with Crippen molar-refractivity contribution in [3.63, 3.8) is 0 Å². The van der Waals surface area contributed by atoms with E-state index in [2.05, 4.69) is 20.9 Å². The second kappa shape index (κ2) is 6.80. The van der Waals surface area contributed by atoms with Crippen LogP contribution in [0.3, 0.4) is 0 Å². The van der Waals surface area contributed by atoms with Gasteiger partial charge in [0.1, 0.15) is 5.52 Å². The Labute approximate surface area is 159 Å². The number of hydrogen-bond acceptors (Lipinski definition) is 4. The fraction of sp³-hybridized carbons (Fsp3) is 0.167. The number of fused-ring (bicyclic) bond motifs is 1. The van der Waals surface area contributed by atoms with Gasteiger partial charge in [0, 0.05) is 23.4 Å². The van der Waals surface area contributed by atoms with Gasteiger partial charge in [-0.1, -0.05) is 12.1 Å². The molecule has 9 heteroatoms. The molecule has 2 heterocycles. The largest absolute Gasteiger partial charge is 0.545 e. The highest BCUT2D eigenvalue weighted by atomic mass is 79.9. The average Bonchev–Trinajstić information content (AvgIpc) is 2.57. The summed E-state index contributed by atoms with van der Waals surface area (Å²) < 4.78 is 41.3. The van der Waals surface area contributed by atoms with E-state index in [4.69, 9.17) is 0 Å². The minimum absolute atomic E-state index is 0.0230. The molecular formula is C18H11BrF3N2O3-. The Kier molecular flexibility index (Phi) is 4.81. The number of pyridine rings is 2. The summed E-state index contributed by atoms with van der Waals surface area (Å²) in [5.74, 6) is -1.68. The molecule has 0 amide bonds. The van der Waals surface area contributed by atoms with Gasteiger partial charge in [-0.15, -0.1) is 0 Å². The number of carboxylic acid groups (broad SMARTS) is 1. The van der Waals surface area contributed by atoms with Crippen LogP contribution in [0, 0.1) is 6.92 Å². The Hall–Kier alpha value is -2.68. The number of rotatable bonds is 3. The molecule has 0 radical (unpaired) electrons. The lowest BCUT2D eigenvalue weighted by Gasteiger charge is -2.17. The number of aromatic nitrogens is 2. The molecule has 140 valence electrons. The van der Waals surface area contributed by atoms with Gasteiger partial charge in [-0.05, 0) is 46.1 Å². The maximum atomic E-state index is 13.1. The highest BCUT2D eigenvalue weighted by molar-refractivity contribution is 9.10. The summed E-state index contributed by atoms with van der Waals surface area (Å²) in [4.78, 5) is 27.5. The molecule has 0 aliphatic heterocycles. The molecule has 3 rings (SSSR count). The molecule has 2 aromatic heterocycles. The maximum Gasteiger partial charge on any atom is 0.416 e. The van der Waals surface area contributed by atoms with Gasteiger partial charge in [-0.3, -0.25) is 4.79 Å². The van der Waals surface area contributed by atoms with E-state index in [1.54, 1.807) is 6.07 Å². The molecule has 0 aliphatic carbocycles. The van der Waals surface area contributed by atoms with Crippen LogP contribution in [-0.4, -0.2) is 15.5 Å². The van der Waals surface area contributed by atoms with Crippen molar-refractivity contribution >= 4 is 32.9 Å². The zero-order valence-corrected chi connectivity index (χ0v) is 15.4. The van der Waals surface area contributed by atoms with Crippen LogP contribution in [0.4, 0.5) is 13.2 Å². The third kappa shape index (κ3) is 3.59. The van der Waals surface area contributed by atoms with Gasteiger partial charge in [-0.2, -0.15) is 13.2 Å². The Morgan fingerprint density at radius 2 is 2.04 bits per heavy atom. The SMILES string of the molecule is Cc1c(Cn2cc(C(=O)[O-])c(=O)c3ncc(Br)cc32)cccc1C(F)(F)F. The Morgan fingerprint density at radius 1 is 1.33 bits per heavy atom. The number of carbonyl (C=O) groups excluding carboxylic acids is 1. The molecule has 0 N–H and O–H groups in total. The van der Waals surface area contributed by atoms with Crippen molar-refractivity contribution in [1.29, 1.82) is 0 Å². The predicted octanol–water partition coefficient (Wildman–Crippen LogP) is 2.90. The normalized spacial score (nSPS) is 11.7. The van der Waals surface area contributed by atoms with Gasteiger partial charge < -0.3 is 14.5 Å². The first-order chi connectivity index (χ1) is 12.6. The number of nitrogens with zero attached hydrogens (tertiary/aromatic N) is 2. The Bertz CT molecular complexity index is 1120. The first-order valence-electron chi connectivity index (χ1n) is 7.65. The Morgan fingerprint density at radius 3 is 2.67 bits per heavy atom. The standard InChI is InChI=1S/C18H12BrF3N2O3/c1-9-10(3-2-4-13(9)18(20,21)22)7-24-8-12(17(26)27)16(25)15-14(24)5-11(19)6-23-15/h2-6,8H,7H2,1H3,(H,26,27)/p-1. The number of alkyl halides is 3. The Balaban J connectivity index is 2.24.